The van der Waals surface area contributed by atoms with E-state index in [2.05, 4.69) is 15.4 Å². The SMILES string of the molecule is Clc1ccc(CCNc2nccn3nccc23)cc1. The van der Waals surface area contributed by atoms with E-state index < -0.39 is 0 Å². The maximum Gasteiger partial charge on any atom is 0.152 e. The van der Waals surface area contributed by atoms with Crippen LogP contribution in [0.3, 0.4) is 0 Å². The summed E-state index contributed by atoms with van der Waals surface area (Å²) in [5.74, 6) is 0.856. The Bertz CT molecular complexity index is 675. The highest BCUT2D eigenvalue weighted by molar-refractivity contribution is 6.30. The van der Waals surface area contributed by atoms with Crippen molar-refractivity contribution in [1.82, 2.24) is 14.6 Å². The molecule has 0 radical (unpaired) electrons. The summed E-state index contributed by atoms with van der Waals surface area (Å²) in [6.07, 6.45) is 6.26. The number of anilines is 1. The van der Waals surface area contributed by atoms with Gasteiger partial charge in [-0.15, -0.1) is 0 Å². The third kappa shape index (κ3) is 2.69. The third-order valence-electron chi connectivity index (χ3n) is 2.94. The van der Waals surface area contributed by atoms with E-state index in [1.165, 1.54) is 5.56 Å². The Balaban J connectivity index is 1.66. The van der Waals surface area contributed by atoms with Crippen LogP contribution in [0.2, 0.25) is 5.02 Å². The van der Waals surface area contributed by atoms with Crippen molar-refractivity contribution >= 4 is 22.9 Å². The van der Waals surface area contributed by atoms with Gasteiger partial charge in [-0.25, -0.2) is 9.50 Å². The van der Waals surface area contributed by atoms with E-state index in [0.717, 1.165) is 29.3 Å². The summed E-state index contributed by atoms with van der Waals surface area (Å²) in [4.78, 5) is 4.33. The summed E-state index contributed by atoms with van der Waals surface area (Å²) < 4.78 is 1.80. The second-order valence-electron chi connectivity index (χ2n) is 4.24. The molecule has 0 aliphatic rings. The van der Waals surface area contributed by atoms with Crippen molar-refractivity contribution in [1.29, 1.82) is 0 Å². The summed E-state index contributed by atoms with van der Waals surface area (Å²) in [7, 11) is 0. The van der Waals surface area contributed by atoms with Crippen LogP contribution in [-0.4, -0.2) is 21.1 Å². The lowest BCUT2D eigenvalue weighted by Crippen LogP contribution is -2.07. The smallest absolute Gasteiger partial charge is 0.152 e. The number of halogens is 1. The molecule has 96 valence electrons. The molecule has 0 bridgehead atoms. The van der Waals surface area contributed by atoms with Crippen molar-refractivity contribution < 1.29 is 0 Å². The summed E-state index contributed by atoms with van der Waals surface area (Å²) in [6.45, 7) is 0.819. The average molecular weight is 273 g/mol. The molecule has 0 atom stereocenters. The van der Waals surface area contributed by atoms with Gasteiger partial charge in [0.1, 0.15) is 5.52 Å². The van der Waals surface area contributed by atoms with Gasteiger partial charge in [0.15, 0.2) is 5.82 Å². The first-order chi connectivity index (χ1) is 9.33. The Kier molecular flexibility index (Phi) is 3.33. The predicted molar refractivity (Wildman–Crippen MR) is 76.6 cm³/mol. The van der Waals surface area contributed by atoms with Gasteiger partial charge < -0.3 is 5.32 Å². The minimum absolute atomic E-state index is 0.766. The number of hydrogen-bond donors (Lipinski definition) is 1. The summed E-state index contributed by atoms with van der Waals surface area (Å²) >= 11 is 5.86. The predicted octanol–water partition coefficient (Wildman–Crippen LogP) is 3.04. The van der Waals surface area contributed by atoms with Gasteiger partial charge in [0, 0.05) is 24.0 Å². The van der Waals surface area contributed by atoms with Crippen molar-refractivity contribution in [2.24, 2.45) is 0 Å². The molecule has 0 amide bonds. The summed E-state index contributed by atoms with van der Waals surface area (Å²) in [5, 5.41) is 8.28. The van der Waals surface area contributed by atoms with Crippen molar-refractivity contribution in [2.75, 3.05) is 11.9 Å². The lowest BCUT2D eigenvalue weighted by molar-refractivity contribution is 0.937. The molecular formula is C14H13ClN4. The van der Waals surface area contributed by atoms with Crippen molar-refractivity contribution in [2.45, 2.75) is 6.42 Å². The average Bonchev–Trinajstić information content (AvgIpc) is 2.90. The molecule has 5 heteroatoms. The number of rotatable bonds is 4. The van der Waals surface area contributed by atoms with Crippen LogP contribution in [0.25, 0.3) is 5.52 Å². The first-order valence-corrected chi connectivity index (χ1v) is 6.47. The molecule has 2 aromatic heterocycles. The Hall–Kier alpha value is -2.07. The fourth-order valence-electron chi connectivity index (χ4n) is 1.97. The number of aromatic nitrogens is 3. The molecule has 4 nitrogen and oxygen atoms in total. The molecule has 1 N–H and O–H groups in total. The highest BCUT2D eigenvalue weighted by Crippen LogP contribution is 2.13. The second-order valence-corrected chi connectivity index (χ2v) is 4.68. The molecule has 1 aromatic carbocycles. The molecule has 0 aliphatic carbocycles. The first-order valence-electron chi connectivity index (χ1n) is 6.09. The lowest BCUT2D eigenvalue weighted by Gasteiger charge is -2.07. The second kappa shape index (κ2) is 5.28. The van der Waals surface area contributed by atoms with E-state index in [9.17, 15) is 0 Å². The van der Waals surface area contributed by atoms with Crippen LogP contribution in [0.1, 0.15) is 5.56 Å². The molecule has 0 unspecified atom stereocenters. The Morgan fingerprint density at radius 1 is 1.11 bits per heavy atom. The topological polar surface area (TPSA) is 42.2 Å². The molecule has 0 aliphatic heterocycles. The zero-order valence-corrected chi connectivity index (χ0v) is 11.0. The van der Waals surface area contributed by atoms with Crippen LogP contribution >= 0.6 is 11.6 Å². The van der Waals surface area contributed by atoms with Crippen molar-refractivity contribution in [3.8, 4) is 0 Å². The van der Waals surface area contributed by atoms with E-state index in [1.807, 2.05) is 36.5 Å². The first kappa shape index (κ1) is 12.0. The van der Waals surface area contributed by atoms with Gasteiger partial charge in [-0.3, -0.25) is 0 Å². The zero-order valence-electron chi connectivity index (χ0n) is 10.3. The summed E-state index contributed by atoms with van der Waals surface area (Å²) in [6, 6.07) is 9.84. The van der Waals surface area contributed by atoms with Gasteiger partial charge in [0.2, 0.25) is 0 Å². The number of nitrogens with one attached hydrogen (secondary N) is 1. The highest BCUT2D eigenvalue weighted by Gasteiger charge is 2.02. The van der Waals surface area contributed by atoms with Crippen LogP contribution < -0.4 is 5.32 Å². The van der Waals surface area contributed by atoms with Crippen LogP contribution in [0.5, 0.6) is 0 Å². The molecule has 19 heavy (non-hydrogen) atoms. The van der Waals surface area contributed by atoms with Crippen LogP contribution in [-0.2, 0) is 6.42 Å². The number of fused-ring (bicyclic) bond motifs is 1. The number of benzene rings is 1. The van der Waals surface area contributed by atoms with Gasteiger partial charge in [-0.2, -0.15) is 5.10 Å². The van der Waals surface area contributed by atoms with Crippen LogP contribution in [0.15, 0.2) is 48.9 Å². The van der Waals surface area contributed by atoms with E-state index in [1.54, 1.807) is 16.9 Å². The van der Waals surface area contributed by atoms with Crippen LogP contribution in [0, 0.1) is 0 Å². The standard InChI is InChI=1S/C14H13ClN4/c15-12-3-1-11(2-4-12)5-7-16-14-13-6-8-18-19(13)10-9-17-14/h1-4,6,8-10H,5,7H2,(H,16,17). The minimum Gasteiger partial charge on any atom is -0.368 e. The van der Waals surface area contributed by atoms with Gasteiger partial charge in [0.05, 0.1) is 6.20 Å². The largest absolute Gasteiger partial charge is 0.368 e. The Labute approximate surface area is 116 Å². The molecular weight excluding hydrogens is 260 g/mol. The number of nitrogens with zero attached hydrogens (tertiary/aromatic N) is 3. The molecule has 3 aromatic rings. The molecule has 0 saturated carbocycles. The van der Waals surface area contributed by atoms with E-state index in [0.29, 0.717) is 0 Å². The molecule has 3 rings (SSSR count). The minimum atomic E-state index is 0.766. The number of hydrogen-bond acceptors (Lipinski definition) is 3. The van der Waals surface area contributed by atoms with Gasteiger partial charge in [-0.05, 0) is 30.2 Å². The molecule has 0 fully saturated rings. The van der Waals surface area contributed by atoms with Crippen molar-refractivity contribution in [3.05, 3.63) is 59.5 Å². The monoisotopic (exact) mass is 272 g/mol. The highest BCUT2D eigenvalue weighted by atomic mass is 35.5. The maximum absolute atomic E-state index is 5.86. The van der Waals surface area contributed by atoms with Crippen molar-refractivity contribution in [3.63, 3.8) is 0 Å². The maximum atomic E-state index is 5.86. The zero-order chi connectivity index (χ0) is 13.1. The Morgan fingerprint density at radius 2 is 1.95 bits per heavy atom. The van der Waals surface area contributed by atoms with Gasteiger partial charge in [0.25, 0.3) is 0 Å². The van der Waals surface area contributed by atoms with Gasteiger partial charge >= 0.3 is 0 Å². The van der Waals surface area contributed by atoms with Crippen LogP contribution in [0.4, 0.5) is 5.82 Å². The lowest BCUT2D eigenvalue weighted by atomic mass is 10.1. The third-order valence-corrected chi connectivity index (χ3v) is 3.20. The normalized spacial score (nSPS) is 10.8. The molecule has 2 heterocycles. The van der Waals surface area contributed by atoms with E-state index in [-0.39, 0.29) is 0 Å². The van der Waals surface area contributed by atoms with Gasteiger partial charge in [-0.1, -0.05) is 23.7 Å². The quantitative estimate of drug-likeness (QED) is 0.794. The fraction of sp³-hybridized carbons (Fsp3) is 0.143. The van der Waals surface area contributed by atoms with E-state index in [4.69, 9.17) is 11.6 Å². The Morgan fingerprint density at radius 3 is 2.79 bits per heavy atom. The molecule has 0 saturated heterocycles. The summed E-state index contributed by atoms with van der Waals surface area (Å²) in [5.41, 5.74) is 2.23. The molecule has 0 spiro atoms. The fourth-order valence-corrected chi connectivity index (χ4v) is 2.10. The van der Waals surface area contributed by atoms with E-state index >= 15 is 0 Å².